The summed E-state index contributed by atoms with van der Waals surface area (Å²) in [6.45, 7) is 2.71. The van der Waals surface area contributed by atoms with Gasteiger partial charge in [0.15, 0.2) is 5.82 Å². The van der Waals surface area contributed by atoms with Crippen LogP contribution in [0.5, 0.6) is 0 Å². The van der Waals surface area contributed by atoms with Crippen LogP contribution >= 0.6 is 0 Å². The summed E-state index contributed by atoms with van der Waals surface area (Å²) in [7, 11) is 0. The molecule has 5 heteroatoms. The van der Waals surface area contributed by atoms with Crippen LogP contribution in [0.15, 0.2) is 54.6 Å². The van der Waals surface area contributed by atoms with Crippen molar-refractivity contribution in [2.24, 2.45) is 0 Å². The van der Waals surface area contributed by atoms with Crippen molar-refractivity contribution in [3.8, 4) is 0 Å². The zero-order chi connectivity index (χ0) is 12.5. The summed E-state index contributed by atoms with van der Waals surface area (Å²) in [5, 5.41) is 15.3. The summed E-state index contributed by atoms with van der Waals surface area (Å²) < 4.78 is 0. The van der Waals surface area contributed by atoms with E-state index in [1.54, 1.807) is 6.20 Å². The van der Waals surface area contributed by atoms with Gasteiger partial charge in [0.1, 0.15) is 0 Å². The van der Waals surface area contributed by atoms with Gasteiger partial charge in [-0.15, -0.1) is 0 Å². The smallest absolute Gasteiger partial charge is 0.274 e. The summed E-state index contributed by atoms with van der Waals surface area (Å²) in [5.74, 6) is 0.424. The Bertz CT molecular complexity index is 413. The molecule has 5 nitrogen and oxygen atoms in total. The average Bonchev–Trinajstić information content (AvgIpc) is 2.31. The highest BCUT2D eigenvalue weighted by atomic mass is 16.6. The van der Waals surface area contributed by atoms with Crippen molar-refractivity contribution < 1.29 is 4.92 Å². The maximum Gasteiger partial charge on any atom is 0.274 e. The quantitative estimate of drug-likeness (QED) is 0.573. The molecule has 1 aliphatic rings. The fourth-order valence-corrected chi connectivity index (χ4v) is 1.15. The number of aryl methyl sites for hydroxylation is 1. The Morgan fingerprint density at radius 2 is 2.06 bits per heavy atom. The number of nitrogens with zero attached hydrogens (tertiary/aromatic N) is 1. The number of hydrogen-bond acceptors (Lipinski definition) is 4. The molecular weight excluding hydrogens is 218 g/mol. The predicted octanol–water partition coefficient (Wildman–Crippen LogP) is 1.76. The first-order valence-corrected chi connectivity index (χ1v) is 5.21. The first-order valence-electron chi connectivity index (χ1n) is 5.21. The van der Waals surface area contributed by atoms with E-state index in [9.17, 15) is 10.1 Å². The van der Waals surface area contributed by atoms with Crippen molar-refractivity contribution in [3.63, 3.8) is 0 Å². The Kier molecular flexibility index (Phi) is 5.30. The third-order valence-corrected chi connectivity index (χ3v) is 1.94. The molecule has 0 spiro atoms. The Morgan fingerprint density at radius 1 is 1.35 bits per heavy atom. The number of nitrogens with one attached hydrogen (secondary N) is 2. The maximum absolute atomic E-state index is 9.89. The number of rotatable bonds is 1. The van der Waals surface area contributed by atoms with Crippen molar-refractivity contribution in [1.29, 1.82) is 0 Å². The molecule has 0 aromatic heterocycles. The standard InChI is InChI=1S/C7H8.C5H7N3O2/c1-7-5-3-2-4-6-7;9-8(10)4-5-6-2-1-3-7-5/h2-6H,1H3;1-2,4,6-7H,3H2. The molecular formula is C12H15N3O2. The summed E-state index contributed by atoms with van der Waals surface area (Å²) in [5.41, 5.74) is 1.32. The third kappa shape index (κ3) is 5.99. The lowest BCUT2D eigenvalue weighted by molar-refractivity contribution is -0.404. The van der Waals surface area contributed by atoms with Crippen LogP contribution in [-0.2, 0) is 0 Å². The molecule has 0 atom stereocenters. The van der Waals surface area contributed by atoms with Gasteiger partial charge in [-0.25, -0.2) is 0 Å². The number of hydrogen-bond donors (Lipinski definition) is 2. The topological polar surface area (TPSA) is 67.2 Å². The fraction of sp³-hybridized carbons (Fsp3) is 0.167. The predicted molar refractivity (Wildman–Crippen MR) is 66.5 cm³/mol. The number of nitro groups is 1. The van der Waals surface area contributed by atoms with Gasteiger partial charge in [-0.2, -0.15) is 0 Å². The van der Waals surface area contributed by atoms with Gasteiger partial charge in [0.2, 0.25) is 0 Å². The average molecular weight is 233 g/mol. The minimum atomic E-state index is -0.505. The lowest BCUT2D eigenvalue weighted by atomic mass is 10.2. The minimum Gasteiger partial charge on any atom is -0.363 e. The molecule has 0 amide bonds. The summed E-state index contributed by atoms with van der Waals surface area (Å²) in [6, 6.07) is 10.3. The number of benzene rings is 1. The van der Waals surface area contributed by atoms with Crippen LogP contribution in [0.25, 0.3) is 0 Å². The van der Waals surface area contributed by atoms with Crippen LogP contribution in [0.1, 0.15) is 5.56 Å². The van der Waals surface area contributed by atoms with Crippen LogP contribution in [0.4, 0.5) is 0 Å². The van der Waals surface area contributed by atoms with Crippen molar-refractivity contribution in [1.82, 2.24) is 10.6 Å². The fourth-order valence-electron chi connectivity index (χ4n) is 1.15. The van der Waals surface area contributed by atoms with Crippen molar-refractivity contribution in [2.75, 3.05) is 6.54 Å². The molecule has 90 valence electrons. The van der Waals surface area contributed by atoms with Gasteiger partial charge < -0.3 is 10.6 Å². The molecule has 0 bridgehead atoms. The third-order valence-electron chi connectivity index (χ3n) is 1.94. The molecule has 0 aliphatic carbocycles. The van der Waals surface area contributed by atoms with E-state index in [-0.39, 0.29) is 0 Å². The van der Waals surface area contributed by atoms with E-state index in [1.807, 2.05) is 24.3 Å². The Labute approximate surface area is 100.0 Å². The lowest BCUT2D eigenvalue weighted by Crippen LogP contribution is -2.27. The molecule has 2 rings (SSSR count). The van der Waals surface area contributed by atoms with Crippen molar-refractivity contribution >= 4 is 0 Å². The molecule has 0 saturated carbocycles. The highest BCUT2D eigenvalue weighted by Crippen LogP contribution is 1.92. The monoisotopic (exact) mass is 233 g/mol. The Morgan fingerprint density at radius 3 is 2.47 bits per heavy atom. The summed E-state index contributed by atoms with van der Waals surface area (Å²) in [6.07, 6.45) is 4.38. The van der Waals surface area contributed by atoms with Crippen LogP contribution in [0.2, 0.25) is 0 Å². The van der Waals surface area contributed by atoms with Gasteiger partial charge in [-0.1, -0.05) is 35.9 Å². The molecule has 2 N–H and O–H groups in total. The lowest BCUT2D eigenvalue weighted by Gasteiger charge is -2.09. The van der Waals surface area contributed by atoms with Gasteiger partial charge >= 0.3 is 0 Å². The van der Waals surface area contributed by atoms with Gasteiger partial charge in [0, 0.05) is 12.7 Å². The van der Waals surface area contributed by atoms with Crippen molar-refractivity contribution in [3.05, 3.63) is 70.3 Å². The molecule has 1 aliphatic heterocycles. The van der Waals surface area contributed by atoms with Crippen LogP contribution in [0, 0.1) is 17.0 Å². The largest absolute Gasteiger partial charge is 0.363 e. The molecule has 0 radical (unpaired) electrons. The Balaban J connectivity index is 0.000000181. The minimum absolute atomic E-state index is 0.424. The van der Waals surface area contributed by atoms with E-state index in [1.165, 1.54) is 5.56 Å². The van der Waals surface area contributed by atoms with E-state index < -0.39 is 4.92 Å². The first kappa shape index (κ1) is 12.8. The Hall–Kier alpha value is -2.30. The highest BCUT2D eigenvalue weighted by molar-refractivity contribution is 5.11. The van der Waals surface area contributed by atoms with Crippen LogP contribution < -0.4 is 10.6 Å². The molecule has 0 fully saturated rings. The zero-order valence-electron chi connectivity index (χ0n) is 9.59. The highest BCUT2D eigenvalue weighted by Gasteiger charge is 2.00. The van der Waals surface area contributed by atoms with Crippen molar-refractivity contribution in [2.45, 2.75) is 6.92 Å². The van der Waals surface area contributed by atoms with Gasteiger partial charge in [0.25, 0.3) is 6.20 Å². The second-order valence-electron chi connectivity index (χ2n) is 3.41. The molecule has 0 saturated heterocycles. The van der Waals surface area contributed by atoms with Gasteiger partial charge in [-0.05, 0) is 13.0 Å². The maximum atomic E-state index is 9.89. The van der Waals surface area contributed by atoms with E-state index >= 15 is 0 Å². The van der Waals surface area contributed by atoms with Gasteiger partial charge in [0.05, 0.1) is 4.92 Å². The second kappa shape index (κ2) is 7.05. The first-order chi connectivity index (χ1) is 8.18. The summed E-state index contributed by atoms with van der Waals surface area (Å²) in [4.78, 5) is 9.39. The van der Waals surface area contributed by atoms with Gasteiger partial charge in [-0.3, -0.25) is 10.1 Å². The van der Waals surface area contributed by atoms with Crippen LogP contribution in [-0.4, -0.2) is 11.5 Å². The molecule has 1 aromatic carbocycles. The van der Waals surface area contributed by atoms with Crippen LogP contribution in [0.3, 0.4) is 0 Å². The van der Waals surface area contributed by atoms with E-state index in [0.717, 1.165) is 6.20 Å². The van der Waals surface area contributed by atoms with E-state index in [4.69, 9.17) is 0 Å². The zero-order valence-corrected chi connectivity index (χ0v) is 9.59. The molecule has 0 unspecified atom stereocenters. The molecule has 1 heterocycles. The summed E-state index contributed by atoms with van der Waals surface area (Å²) >= 11 is 0. The van der Waals surface area contributed by atoms with E-state index in [0.29, 0.717) is 12.4 Å². The second-order valence-corrected chi connectivity index (χ2v) is 3.41. The normalized spacial score (nSPS) is 15.2. The SMILES string of the molecule is Cc1ccccc1.O=[N+]([O-])C=C1NC=CCN1. The molecule has 1 aromatic rings. The van der Waals surface area contributed by atoms with E-state index in [2.05, 4.69) is 29.7 Å². The molecule has 17 heavy (non-hydrogen) atoms.